The molecular formula is C18H16N6O7S. The minimum absolute atomic E-state index is 0.0352. The Bertz CT molecular complexity index is 1450. The van der Waals surface area contributed by atoms with Crippen LogP contribution < -0.4 is 11.2 Å². The molecule has 1 aliphatic heterocycles. The van der Waals surface area contributed by atoms with E-state index in [4.69, 9.17) is 0 Å². The van der Waals surface area contributed by atoms with Gasteiger partial charge < -0.3 is 4.90 Å². The van der Waals surface area contributed by atoms with Crippen LogP contribution in [0.2, 0.25) is 0 Å². The highest BCUT2D eigenvalue weighted by Crippen LogP contribution is 2.27. The van der Waals surface area contributed by atoms with E-state index in [2.05, 4.69) is 15.0 Å². The van der Waals surface area contributed by atoms with Gasteiger partial charge >= 0.3 is 5.69 Å². The van der Waals surface area contributed by atoms with Gasteiger partial charge in [0.2, 0.25) is 10.0 Å². The summed E-state index contributed by atoms with van der Waals surface area (Å²) in [6.45, 7) is -0.0402. The molecule has 0 bridgehead atoms. The molecule has 0 aliphatic carbocycles. The molecule has 166 valence electrons. The first-order chi connectivity index (χ1) is 15.2. The Balaban J connectivity index is 1.53. The van der Waals surface area contributed by atoms with Crippen LogP contribution >= 0.6 is 0 Å². The lowest BCUT2D eigenvalue weighted by Crippen LogP contribution is -2.50. The molecule has 3 heterocycles. The summed E-state index contributed by atoms with van der Waals surface area (Å²) < 4.78 is 26.9. The van der Waals surface area contributed by atoms with E-state index in [0.717, 1.165) is 10.4 Å². The number of aromatic amines is 2. The number of H-pyrrole nitrogens is 2. The van der Waals surface area contributed by atoms with Crippen molar-refractivity contribution >= 4 is 32.7 Å². The molecule has 3 aromatic rings. The standard InChI is InChI=1S/C18H16N6O7S/c25-16-12-9-11(10-19-15(12)20-18(27)21-16)17(26)22-5-7-23(8-6-22)32(30,31)14-4-2-1-3-13(14)24(28)29/h1-4,9-10H,5-8H2,(H2,19,20,21,25,27). The van der Waals surface area contributed by atoms with Crippen molar-refractivity contribution in [3.63, 3.8) is 0 Å². The summed E-state index contributed by atoms with van der Waals surface area (Å²) >= 11 is 0. The minimum Gasteiger partial charge on any atom is -0.336 e. The van der Waals surface area contributed by atoms with Crippen molar-refractivity contribution in [3.8, 4) is 0 Å². The van der Waals surface area contributed by atoms with Crippen LogP contribution in [0.1, 0.15) is 10.4 Å². The summed E-state index contributed by atoms with van der Waals surface area (Å²) in [5, 5.41) is 11.2. The fourth-order valence-corrected chi connectivity index (χ4v) is 5.02. The first-order valence-electron chi connectivity index (χ1n) is 9.33. The fourth-order valence-electron chi connectivity index (χ4n) is 3.44. The van der Waals surface area contributed by atoms with Crippen molar-refractivity contribution in [2.75, 3.05) is 26.2 Å². The van der Waals surface area contributed by atoms with E-state index in [9.17, 15) is 32.9 Å². The number of piperazine rings is 1. The van der Waals surface area contributed by atoms with Crippen LogP contribution in [0.5, 0.6) is 0 Å². The molecule has 0 spiro atoms. The highest BCUT2D eigenvalue weighted by atomic mass is 32.2. The number of nitro groups is 1. The van der Waals surface area contributed by atoms with Gasteiger partial charge in [0.15, 0.2) is 4.90 Å². The quantitative estimate of drug-likeness (QED) is 0.392. The summed E-state index contributed by atoms with van der Waals surface area (Å²) in [4.78, 5) is 55.9. The van der Waals surface area contributed by atoms with Crippen molar-refractivity contribution in [1.29, 1.82) is 0 Å². The lowest BCUT2D eigenvalue weighted by Gasteiger charge is -2.33. The monoisotopic (exact) mass is 460 g/mol. The summed E-state index contributed by atoms with van der Waals surface area (Å²) in [6, 6.07) is 6.38. The number of pyridine rings is 1. The minimum atomic E-state index is -4.13. The van der Waals surface area contributed by atoms with Gasteiger partial charge in [-0.15, -0.1) is 0 Å². The SMILES string of the molecule is O=C(c1cnc2[nH]c(=O)[nH]c(=O)c2c1)N1CCN(S(=O)(=O)c2ccccc2[N+](=O)[O-])CC1. The third kappa shape index (κ3) is 3.76. The maximum atomic E-state index is 12.9. The Morgan fingerprint density at radius 1 is 1.09 bits per heavy atom. The molecule has 2 aromatic heterocycles. The third-order valence-corrected chi connectivity index (χ3v) is 6.99. The van der Waals surface area contributed by atoms with Crippen LogP contribution in [0.15, 0.2) is 51.0 Å². The van der Waals surface area contributed by atoms with E-state index < -0.39 is 42.7 Å². The Morgan fingerprint density at radius 3 is 2.47 bits per heavy atom. The van der Waals surface area contributed by atoms with E-state index in [1.807, 2.05) is 0 Å². The van der Waals surface area contributed by atoms with Gasteiger partial charge in [-0.2, -0.15) is 4.31 Å². The predicted molar refractivity (Wildman–Crippen MR) is 111 cm³/mol. The predicted octanol–water partition coefficient (Wildman–Crippen LogP) is -0.334. The molecule has 4 rings (SSSR count). The van der Waals surface area contributed by atoms with Crippen LogP contribution in [0.3, 0.4) is 0 Å². The molecule has 2 N–H and O–H groups in total. The Labute approximate surface area is 179 Å². The number of fused-ring (bicyclic) bond motifs is 1. The molecule has 1 saturated heterocycles. The number of rotatable bonds is 4. The molecule has 32 heavy (non-hydrogen) atoms. The average molecular weight is 460 g/mol. The van der Waals surface area contributed by atoms with Gasteiger partial charge in [-0.1, -0.05) is 12.1 Å². The van der Waals surface area contributed by atoms with Gasteiger partial charge in [0.1, 0.15) is 5.65 Å². The Hall–Kier alpha value is -3.91. The van der Waals surface area contributed by atoms with Crippen LogP contribution in [-0.4, -0.2) is 69.6 Å². The van der Waals surface area contributed by atoms with Crippen LogP contribution in [-0.2, 0) is 10.0 Å². The van der Waals surface area contributed by atoms with E-state index in [1.165, 1.54) is 35.4 Å². The van der Waals surface area contributed by atoms with Gasteiger partial charge in [0.25, 0.3) is 17.2 Å². The number of hydrogen-bond acceptors (Lipinski definition) is 8. The van der Waals surface area contributed by atoms with Crippen molar-refractivity contribution in [2.24, 2.45) is 0 Å². The summed E-state index contributed by atoms with van der Waals surface area (Å²) in [7, 11) is -4.13. The van der Waals surface area contributed by atoms with E-state index in [1.54, 1.807) is 0 Å². The van der Waals surface area contributed by atoms with Gasteiger partial charge in [0, 0.05) is 38.4 Å². The van der Waals surface area contributed by atoms with E-state index >= 15 is 0 Å². The molecule has 1 amide bonds. The van der Waals surface area contributed by atoms with Gasteiger partial charge in [-0.05, 0) is 12.1 Å². The fraction of sp³-hybridized carbons (Fsp3) is 0.222. The van der Waals surface area contributed by atoms with Crippen molar-refractivity contribution in [1.82, 2.24) is 24.2 Å². The first kappa shape index (κ1) is 21.3. The number of nitrogens with one attached hydrogen (secondary N) is 2. The molecule has 13 nitrogen and oxygen atoms in total. The number of nitrogens with zero attached hydrogens (tertiary/aromatic N) is 4. The lowest BCUT2D eigenvalue weighted by atomic mass is 10.2. The molecule has 1 aliphatic rings. The highest BCUT2D eigenvalue weighted by molar-refractivity contribution is 7.89. The zero-order valence-corrected chi connectivity index (χ0v) is 17.2. The first-order valence-corrected chi connectivity index (χ1v) is 10.8. The highest BCUT2D eigenvalue weighted by Gasteiger charge is 2.34. The van der Waals surface area contributed by atoms with Gasteiger partial charge in [-0.25, -0.2) is 18.2 Å². The largest absolute Gasteiger partial charge is 0.336 e. The van der Waals surface area contributed by atoms with Crippen molar-refractivity contribution in [2.45, 2.75) is 4.90 Å². The van der Waals surface area contributed by atoms with E-state index in [-0.39, 0.29) is 42.8 Å². The molecule has 14 heteroatoms. The molecular weight excluding hydrogens is 444 g/mol. The maximum absolute atomic E-state index is 12.9. The number of aromatic nitrogens is 3. The molecule has 1 aromatic carbocycles. The maximum Gasteiger partial charge on any atom is 0.327 e. The Morgan fingerprint density at radius 2 is 1.78 bits per heavy atom. The number of amides is 1. The summed E-state index contributed by atoms with van der Waals surface area (Å²) in [6.07, 6.45) is 1.22. The second-order valence-electron chi connectivity index (χ2n) is 6.95. The average Bonchev–Trinajstić information content (AvgIpc) is 2.78. The van der Waals surface area contributed by atoms with Gasteiger partial charge in [0.05, 0.1) is 15.9 Å². The number of carbonyl (C=O) groups is 1. The van der Waals surface area contributed by atoms with Crippen molar-refractivity contribution in [3.05, 3.63) is 73.0 Å². The zero-order valence-electron chi connectivity index (χ0n) is 16.3. The second-order valence-corrected chi connectivity index (χ2v) is 8.86. The number of nitro benzene ring substituents is 1. The lowest BCUT2D eigenvalue weighted by molar-refractivity contribution is -0.387. The van der Waals surface area contributed by atoms with Crippen LogP contribution in [0, 0.1) is 10.1 Å². The summed E-state index contributed by atoms with van der Waals surface area (Å²) in [5.41, 5.74) is -1.78. The molecule has 0 atom stereocenters. The molecule has 0 unspecified atom stereocenters. The van der Waals surface area contributed by atoms with Gasteiger partial charge in [-0.3, -0.25) is 29.7 Å². The molecule has 1 fully saturated rings. The number of para-hydroxylation sites is 1. The Kier molecular flexibility index (Phi) is 5.31. The topological polar surface area (TPSA) is 179 Å². The van der Waals surface area contributed by atoms with Crippen LogP contribution in [0.4, 0.5) is 5.69 Å². The van der Waals surface area contributed by atoms with Crippen LogP contribution in [0.25, 0.3) is 11.0 Å². The number of benzene rings is 1. The van der Waals surface area contributed by atoms with E-state index in [0.29, 0.717) is 0 Å². The van der Waals surface area contributed by atoms with Crippen molar-refractivity contribution < 1.29 is 18.1 Å². The molecule has 0 radical (unpaired) electrons. The third-order valence-electron chi connectivity index (χ3n) is 5.04. The number of sulfonamides is 1. The second kappa shape index (κ2) is 7.97. The smallest absolute Gasteiger partial charge is 0.327 e. The normalized spacial score (nSPS) is 15.1. The number of hydrogen-bond donors (Lipinski definition) is 2. The molecule has 0 saturated carbocycles. The number of carbonyl (C=O) groups excluding carboxylic acids is 1. The zero-order chi connectivity index (χ0) is 23.0. The summed E-state index contributed by atoms with van der Waals surface area (Å²) in [5.74, 6) is -0.465.